The number of carbonyl (C=O) groups is 1. The molecule has 0 spiro atoms. The number of rotatable bonds is 7. The van der Waals surface area contributed by atoms with Crippen molar-refractivity contribution in [3.05, 3.63) is 23.8 Å². The number of benzene rings is 1. The quantitative estimate of drug-likeness (QED) is 0.814. The maximum Gasteiger partial charge on any atom is 0.320 e. The summed E-state index contributed by atoms with van der Waals surface area (Å²) in [5.41, 5.74) is 1.03. The zero-order chi connectivity index (χ0) is 14.4. The van der Waals surface area contributed by atoms with E-state index in [4.69, 9.17) is 14.6 Å². The molecule has 0 bridgehead atoms. The standard InChI is InChI=1S/C14H21NO4/c1-10(14(16)17)15(2)8-7-11-5-6-12(18-3)9-13(11)19-4/h5-6,9-10H,7-8H2,1-4H3,(H,16,17). The van der Waals surface area contributed by atoms with Gasteiger partial charge >= 0.3 is 5.97 Å². The highest BCUT2D eigenvalue weighted by Crippen LogP contribution is 2.25. The fourth-order valence-corrected chi connectivity index (χ4v) is 1.74. The second-order valence-electron chi connectivity index (χ2n) is 4.42. The molecule has 1 aromatic carbocycles. The summed E-state index contributed by atoms with van der Waals surface area (Å²) in [6.07, 6.45) is 0.723. The Hall–Kier alpha value is -1.75. The lowest BCUT2D eigenvalue weighted by Crippen LogP contribution is -2.37. The molecule has 0 heterocycles. The number of carboxylic acid groups (broad SMARTS) is 1. The van der Waals surface area contributed by atoms with Crippen LogP contribution in [0.3, 0.4) is 0 Å². The highest BCUT2D eigenvalue weighted by atomic mass is 16.5. The zero-order valence-corrected chi connectivity index (χ0v) is 11.8. The maximum atomic E-state index is 10.9. The number of aliphatic carboxylic acids is 1. The van der Waals surface area contributed by atoms with Crippen LogP contribution >= 0.6 is 0 Å². The first-order valence-electron chi connectivity index (χ1n) is 6.13. The molecule has 0 aliphatic heterocycles. The molecule has 1 atom stereocenters. The van der Waals surface area contributed by atoms with Gasteiger partial charge in [-0.25, -0.2) is 0 Å². The van der Waals surface area contributed by atoms with Crippen molar-refractivity contribution in [3.63, 3.8) is 0 Å². The van der Waals surface area contributed by atoms with Gasteiger partial charge in [0.05, 0.1) is 14.2 Å². The summed E-state index contributed by atoms with van der Waals surface area (Å²) in [6.45, 7) is 2.32. The van der Waals surface area contributed by atoms with Crippen LogP contribution in [0.5, 0.6) is 11.5 Å². The lowest BCUT2D eigenvalue weighted by molar-refractivity contribution is -0.142. The fraction of sp³-hybridized carbons (Fsp3) is 0.500. The van der Waals surface area contributed by atoms with E-state index in [9.17, 15) is 4.79 Å². The van der Waals surface area contributed by atoms with E-state index in [1.165, 1.54) is 0 Å². The second kappa shape index (κ2) is 6.99. The van der Waals surface area contributed by atoms with Gasteiger partial charge in [0.1, 0.15) is 17.5 Å². The topological polar surface area (TPSA) is 59.0 Å². The van der Waals surface area contributed by atoms with Gasteiger partial charge < -0.3 is 14.6 Å². The molecule has 1 aromatic rings. The number of hydrogen-bond donors (Lipinski definition) is 1. The largest absolute Gasteiger partial charge is 0.497 e. The van der Waals surface area contributed by atoms with E-state index in [1.807, 2.05) is 18.2 Å². The Kier molecular flexibility index (Phi) is 5.63. The van der Waals surface area contributed by atoms with Crippen LogP contribution in [0.15, 0.2) is 18.2 Å². The second-order valence-corrected chi connectivity index (χ2v) is 4.42. The third kappa shape index (κ3) is 4.13. The van der Waals surface area contributed by atoms with E-state index in [-0.39, 0.29) is 0 Å². The van der Waals surface area contributed by atoms with E-state index in [0.717, 1.165) is 23.5 Å². The number of methoxy groups -OCH3 is 2. The molecule has 0 aliphatic rings. The Labute approximate surface area is 113 Å². The molecular formula is C14H21NO4. The molecule has 5 nitrogen and oxygen atoms in total. The van der Waals surface area contributed by atoms with Gasteiger partial charge in [0.2, 0.25) is 0 Å². The average Bonchev–Trinajstić information content (AvgIpc) is 2.43. The molecule has 106 valence electrons. The zero-order valence-electron chi connectivity index (χ0n) is 11.8. The van der Waals surface area contributed by atoms with Gasteiger partial charge in [-0.3, -0.25) is 9.69 Å². The highest BCUT2D eigenvalue weighted by molar-refractivity contribution is 5.72. The summed E-state index contributed by atoms with van der Waals surface area (Å²) in [4.78, 5) is 12.7. The summed E-state index contributed by atoms with van der Waals surface area (Å²) in [6, 6.07) is 5.15. The molecule has 5 heteroatoms. The summed E-state index contributed by atoms with van der Waals surface area (Å²) < 4.78 is 10.5. The summed E-state index contributed by atoms with van der Waals surface area (Å²) in [5.74, 6) is 0.688. The number of hydrogen-bond acceptors (Lipinski definition) is 4. The van der Waals surface area contributed by atoms with Gasteiger partial charge in [-0.2, -0.15) is 0 Å². The molecule has 19 heavy (non-hydrogen) atoms. The third-order valence-corrected chi connectivity index (χ3v) is 3.25. The average molecular weight is 267 g/mol. The molecule has 0 amide bonds. The van der Waals surface area contributed by atoms with Gasteiger partial charge in [0.25, 0.3) is 0 Å². The molecule has 0 saturated carbocycles. The van der Waals surface area contributed by atoms with Crippen molar-refractivity contribution in [2.75, 3.05) is 27.8 Å². The van der Waals surface area contributed by atoms with E-state index >= 15 is 0 Å². The van der Waals surface area contributed by atoms with Crippen LogP contribution in [-0.4, -0.2) is 49.8 Å². The number of ether oxygens (including phenoxy) is 2. The first-order chi connectivity index (χ1) is 8.99. The van der Waals surface area contributed by atoms with Crippen LogP contribution < -0.4 is 9.47 Å². The van der Waals surface area contributed by atoms with Crippen LogP contribution in [0, 0.1) is 0 Å². The number of nitrogens with zero attached hydrogens (tertiary/aromatic N) is 1. The summed E-state index contributed by atoms with van der Waals surface area (Å²) in [5, 5.41) is 8.94. The van der Waals surface area contributed by atoms with Crippen LogP contribution in [0.4, 0.5) is 0 Å². The predicted molar refractivity (Wildman–Crippen MR) is 73.0 cm³/mol. The Balaban J connectivity index is 2.69. The van der Waals surface area contributed by atoms with Crippen molar-refractivity contribution >= 4 is 5.97 Å². The van der Waals surface area contributed by atoms with Gasteiger partial charge in [-0.15, -0.1) is 0 Å². The Morgan fingerprint density at radius 2 is 2.05 bits per heavy atom. The van der Waals surface area contributed by atoms with Crippen molar-refractivity contribution in [1.29, 1.82) is 0 Å². The smallest absolute Gasteiger partial charge is 0.320 e. The summed E-state index contributed by atoms with van der Waals surface area (Å²) >= 11 is 0. The normalized spacial score (nSPS) is 12.3. The van der Waals surface area contributed by atoms with Crippen LogP contribution in [0.2, 0.25) is 0 Å². The van der Waals surface area contributed by atoms with Gasteiger partial charge in [0, 0.05) is 12.6 Å². The predicted octanol–water partition coefficient (Wildman–Crippen LogP) is 1.65. The lowest BCUT2D eigenvalue weighted by Gasteiger charge is -2.21. The van der Waals surface area contributed by atoms with Crippen molar-refractivity contribution in [3.8, 4) is 11.5 Å². The Bertz CT molecular complexity index is 433. The van der Waals surface area contributed by atoms with Gasteiger partial charge in [-0.1, -0.05) is 6.07 Å². The molecular weight excluding hydrogens is 246 g/mol. The van der Waals surface area contributed by atoms with Crippen molar-refractivity contribution in [2.24, 2.45) is 0 Å². The SMILES string of the molecule is COc1ccc(CCN(C)C(C)C(=O)O)c(OC)c1. The third-order valence-electron chi connectivity index (χ3n) is 3.25. The van der Waals surface area contributed by atoms with E-state index in [2.05, 4.69) is 0 Å². The Morgan fingerprint density at radius 3 is 2.58 bits per heavy atom. The molecule has 0 fully saturated rings. The minimum absolute atomic E-state index is 0.496. The van der Waals surface area contributed by atoms with Crippen molar-refractivity contribution < 1.29 is 19.4 Å². The first-order valence-corrected chi connectivity index (χ1v) is 6.13. The minimum Gasteiger partial charge on any atom is -0.497 e. The highest BCUT2D eigenvalue weighted by Gasteiger charge is 2.16. The van der Waals surface area contributed by atoms with Gasteiger partial charge in [0.15, 0.2) is 0 Å². The maximum absolute atomic E-state index is 10.9. The molecule has 0 aromatic heterocycles. The lowest BCUT2D eigenvalue weighted by atomic mass is 10.1. The fourth-order valence-electron chi connectivity index (χ4n) is 1.74. The molecule has 1 unspecified atom stereocenters. The Morgan fingerprint density at radius 1 is 1.37 bits per heavy atom. The van der Waals surface area contributed by atoms with Crippen LogP contribution in [0.1, 0.15) is 12.5 Å². The number of carboxylic acids is 1. The van der Waals surface area contributed by atoms with Crippen LogP contribution in [0.25, 0.3) is 0 Å². The molecule has 0 saturated heterocycles. The van der Waals surface area contributed by atoms with Crippen molar-refractivity contribution in [2.45, 2.75) is 19.4 Å². The number of likely N-dealkylation sites (N-methyl/N-ethyl adjacent to an activating group) is 1. The van der Waals surface area contributed by atoms with Gasteiger partial charge in [-0.05, 0) is 32.0 Å². The van der Waals surface area contributed by atoms with Crippen molar-refractivity contribution in [1.82, 2.24) is 4.90 Å². The molecule has 0 aliphatic carbocycles. The summed E-state index contributed by atoms with van der Waals surface area (Å²) in [7, 11) is 5.02. The molecule has 0 radical (unpaired) electrons. The van der Waals surface area contributed by atoms with E-state index < -0.39 is 12.0 Å². The van der Waals surface area contributed by atoms with E-state index in [0.29, 0.717) is 6.54 Å². The molecule has 1 rings (SSSR count). The first kappa shape index (κ1) is 15.3. The monoisotopic (exact) mass is 267 g/mol. The van der Waals surface area contributed by atoms with E-state index in [1.54, 1.807) is 33.1 Å². The minimum atomic E-state index is -0.816. The van der Waals surface area contributed by atoms with Crippen LogP contribution in [-0.2, 0) is 11.2 Å². The molecule has 1 N–H and O–H groups in total.